The second-order valence-electron chi connectivity index (χ2n) is 6.16. The summed E-state index contributed by atoms with van der Waals surface area (Å²) in [4.78, 5) is 29.7. The normalized spacial score (nSPS) is 15.1. The molecule has 0 radical (unpaired) electrons. The summed E-state index contributed by atoms with van der Waals surface area (Å²) in [6.45, 7) is 8.71. The minimum absolute atomic E-state index is 0.306. The van der Waals surface area contributed by atoms with Crippen molar-refractivity contribution in [3.05, 3.63) is 22.2 Å². The highest BCUT2D eigenvalue weighted by atomic mass is 32.1. The van der Waals surface area contributed by atoms with Crippen LogP contribution in [0.3, 0.4) is 0 Å². The molecule has 0 saturated heterocycles. The zero-order chi connectivity index (χ0) is 17.0. The number of hydrogen-bond donors (Lipinski definition) is 0. The first kappa shape index (κ1) is 17.5. The van der Waals surface area contributed by atoms with Gasteiger partial charge >= 0.3 is 12.1 Å². The Morgan fingerprint density at radius 1 is 1.39 bits per heavy atom. The molecule has 0 atom stereocenters. The molecule has 1 aromatic heterocycles. The third-order valence-corrected chi connectivity index (χ3v) is 4.04. The number of amides is 1. The third-order valence-electron chi connectivity index (χ3n) is 3.12. The topological polar surface area (TPSA) is 68.7 Å². The van der Waals surface area contributed by atoms with Crippen LogP contribution in [0.15, 0.2) is 11.5 Å². The van der Waals surface area contributed by atoms with E-state index in [0.717, 1.165) is 10.6 Å². The Kier molecular flexibility index (Phi) is 5.41. The van der Waals surface area contributed by atoms with Gasteiger partial charge in [-0.25, -0.2) is 14.6 Å². The van der Waals surface area contributed by atoms with Crippen molar-refractivity contribution in [2.75, 3.05) is 19.7 Å². The van der Waals surface area contributed by atoms with E-state index in [9.17, 15) is 9.59 Å². The minimum atomic E-state index is -0.495. The van der Waals surface area contributed by atoms with Crippen LogP contribution < -0.4 is 0 Å². The van der Waals surface area contributed by atoms with Crippen LogP contribution in [0.2, 0.25) is 0 Å². The molecule has 2 rings (SSSR count). The van der Waals surface area contributed by atoms with Crippen molar-refractivity contribution in [1.82, 2.24) is 9.88 Å². The van der Waals surface area contributed by atoms with Crippen molar-refractivity contribution in [2.45, 2.75) is 39.7 Å². The van der Waals surface area contributed by atoms with E-state index in [2.05, 4.69) is 4.98 Å². The van der Waals surface area contributed by atoms with Gasteiger partial charge in [-0.1, -0.05) is 6.08 Å². The van der Waals surface area contributed by atoms with E-state index in [1.54, 1.807) is 17.2 Å². The SMILES string of the molecule is CCOC(=O)c1csc(C2=CCN(C(=O)OC(C)(C)C)CC2)n1. The Morgan fingerprint density at radius 3 is 2.70 bits per heavy atom. The second-order valence-corrected chi connectivity index (χ2v) is 7.02. The summed E-state index contributed by atoms with van der Waals surface area (Å²) in [7, 11) is 0. The number of nitrogens with zero attached hydrogens (tertiary/aromatic N) is 2. The third kappa shape index (κ3) is 4.79. The van der Waals surface area contributed by atoms with Crippen LogP contribution in [0, 0.1) is 0 Å². The number of aromatic nitrogens is 1. The largest absolute Gasteiger partial charge is 0.461 e. The lowest BCUT2D eigenvalue weighted by atomic mass is 10.1. The van der Waals surface area contributed by atoms with Crippen LogP contribution in [-0.2, 0) is 9.47 Å². The molecule has 0 aromatic carbocycles. The van der Waals surface area contributed by atoms with Crippen molar-refractivity contribution in [3.63, 3.8) is 0 Å². The maximum atomic E-state index is 12.0. The van der Waals surface area contributed by atoms with Gasteiger partial charge in [-0.15, -0.1) is 11.3 Å². The highest BCUT2D eigenvalue weighted by molar-refractivity contribution is 7.11. The van der Waals surface area contributed by atoms with Gasteiger partial charge in [-0.3, -0.25) is 0 Å². The molecule has 1 aliphatic heterocycles. The molecular weight excluding hydrogens is 316 g/mol. The molecule has 23 heavy (non-hydrogen) atoms. The van der Waals surface area contributed by atoms with Crippen LogP contribution in [0.5, 0.6) is 0 Å². The van der Waals surface area contributed by atoms with Gasteiger partial charge in [0.25, 0.3) is 0 Å². The first-order valence-electron chi connectivity index (χ1n) is 7.60. The molecule has 1 aliphatic rings. The Balaban J connectivity index is 1.99. The summed E-state index contributed by atoms with van der Waals surface area (Å²) < 4.78 is 10.3. The van der Waals surface area contributed by atoms with Gasteiger partial charge in [-0.2, -0.15) is 0 Å². The summed E-state index contributed by atoms with van der Waals surface area (Å²) in [6.07, 6.45) is 2.34. The first-order valence-corrected chi connectivity index (χ1v) is 8.48. The summed E-state index contributed by atoms with van der Waals surface area (Å²) in [5.74, 6) is -0.401. The van der Waals surface area contributed by atoms with E-state index in [1.165, 1.54) is 11.3 Å². The molecule has 0 bridgehead atoms. The molecule has 7 heteroatoms. The van der Waals surface area contributed by atoms with E-state index < -0.39 is 11.6 Å². The smallest absolute Gasteiger partial charge is 0.410 e. The summed E-state index contributed by atoms with van der Waals surface area (Å²) in [5, 5.41) is 2.51. The molecule has 0 unspecified atom stereocenters. The molecule has 126 valence electrons. The molecule has 2 heterocycles. The monoisotopic (exact) mass is 338 g/mol. The predicted molar refractivity (Wildman–Crippen MR) is 88.5 cm³/mol. The van der Waals surface area contributed by atoms with Crippen LogP contribution in [0.25, 0.3) is 5.57 Å². The Morgan fingerprint density at radius 2 is 2.13 bits per heavy atom. The fourth-order valence-electron chi connectivity index (χ4n) is 2.08. The predicted octanol–water partition coefficient (Wildman–Crippen LogP) is 3.34. The maximum Gasteiger partial charge on any atom is 0.410 e. The fraction of sp³-hybridized carbons (Fsp3) is 0.562. The van der Waals surface area contributed by atoms with Crippen molar-refractivity contribution >= 4 is 29.0 Å². The molecule has 0 fully saturated rings. The van der Waals surface area contributed by atoms with E-state index in [-0.39, 0.29) is 6.09 Å². The number of carbonyl (C=O) groups is 2. The number of ether oxygens (including phenoxy) is 2. The number of esters is 1. The lowest BCUT2D eigenvalue weighted by molar-refractivity contribution is 0.0270. The van der Waals surface area contributed by atoms with Crippen LogP contribution in [0.4, 0.5) is 4.79 Å². The van der Waals surface area contributed by atoms with Crippen molar-refractivity contribution in [2.24, 2.45) is 0 Å². The van der Waals surface area contributed by atoms with E-state index >= 15 is 0 Å². The first-order chi connectivity index (χ1) is 10.8. The highest BCUT2D eigenvalue weighted by Crippen LogP contribution is 2.26. The van der Waals surface area contributed by atoms with Gasteiger partial charge in [0.05, 0.1) is 6.61 Å². The van der Waals surface area contributed by atoms with Crippen molar-refractivity contribution in [3.8, 4) is 0 Å². The van der Waals surface area contributed by atoms with Crippen molar-refractivity contribution < 1.29 is 19.1 Å². The van der Waals surface area contributed by atoms with Crippen LogP contribution >= 0.6 is 11.3 Å². The van der Waals surface area contributed by atoms with Gasteiger partial charge in [0.15, 0.2) is 5.69 Å². The summed E-state index contributed by atoms with van der Waals surface area (Å²) in [5.41, 5.74) is 0.887. The molecule has 0 saturated carbocycles. The van der Waals surface area contributed by atoms with Crippen LogP contribution in [-0.4, -0.2) is 47.2 Å². The van der Waals surface area contributed by atoms with Crippen molar-refractivity contribution in [1.29, 1.82) is 0 Å². The van der Waals surface area contributed by atoms with Gasteiger partial charge in [-0.05, 0) is 39.7 Å². The van der Waals surface area contributed by atoms with Gasteiger partial charge in [0.1, 0.15) is 10.6 Å². The number of hydrogen-bond acceptors (Lipinski definition) is 6. The highest BCUT2D eigenvalue weighted by Gasteiger charge is 2.24. The molecule has 0 spiro atoms. The maximum absolute atomic E-state index is 12.0. The van der Waals surface area contributed by atoms with Gasteiger partial charge in [0, 0.05) is 18.5 Å². The quantitative estimate of drug-likeness (QED) is 0.791. The minimum Gasteiger partial charge on any atom is -0.461 e. The van der Waals surface area contributed by atoms with Gasteiger partial charge in [0.2, 0.25) is 0 Å². The van der Waals surface area contributed by atoms with E-state index in [0.29, 0.717) is 31.8 Å². The van der Waals surface area contributed by atoms with Gasteiger partial charge < -0.3 is 14.4 Å². The second kappa shape index (κ2) is 7.12. The number of carbonyl (C=O) groups excluding carboxylic acids is 2. The van der Waals surface area contributed by atoms with E-state index in [4.69, 9.17) is 9.47 Å². The average molecular weight is 338 g/mol. The summed E-state index contributed by atoms with van der Waals surface area (Å²) >= 11 is 1.41. The molecule has 0 N–H and O–H groups in total. The molecule has 6 nitrogen and oxygen atoms in total. The summed E-state index contributed by atoms with van der Waals surface area (Å²) in [6, 6.07) is 0. The average Bonchev–Trinajstić information content (AvgIpc) is 2.96. The fourth-order valence-corrected chi connectivity index (χ4v) is 2.94. The molecular formula is C16H22N2O4S. The standard InChI is InChI=1S/C16H22N2O4S/c1-5-21-14(19)12-10-23-13(17-12)11-6-8-18(9-7-11)15(20)22-16(2,3)4/h6,10H,5,7-9H2,1-4H3. The Bertz CT molecular complexity index is 616. The molecule has 0 aliphatic carbocycles. The molecule has 1 aromatic rings. The zero-order valence-electron chi connectivity index (χ0n) is 13.9. The zero-order valence-corrected chi connectivity index (χ0v) is 14.7. The van der Waals surface area contributed by atoms with Crippen LogP contribution in [0.1, 0.15) is 49.6 Å². The van der Waals surface area contributed by atoms with E-state index in [1.807, 2.05) is 26.8 Å². The lowest BCUT2D eigenvalue weighted by Gasteiger charge is -2.29. The number of thiazole rings is 1. The Labute approximate surface area is 140 Å². The number of rotatable bonds is 3. The lowest BCUT2D eigenvalue weighted by Crippen LogP contribution is -2.39. The molecule has 1 amide bonds. The Hall–Kier alpha value is -1.89.